The molecule has 2 rings (SSSR count). The van der Waals surface area contributed by atoms with Gasteiger partial charge in [0.05, 0.1) is 17.0 Å². The minimum atomic E-state index is -4.39. The Morgan fingerprint density at radius 2 is 1.86 bits per heavy atom. The number of carbonyl (C=O) groups is 1. The molecule has 0 bridgehead atoms. The van der Waals surface area contributed by atoms with Crippen LogP contribution < -0.4 is 0 Å². The molecule has 0 aliphatic rings. The largest absolute Gasteiger partial charge is 0.476 e. The fraction of sp³-hybridized carbons (Fsp3) is 0.214. The smallest absolute Gasteiger partial charge is 0.416 e. The Labute approximate surface area is 118 Å². The van der Waals surface area contributed by atoms with Crippen LogP contribution in [0.15, 0.2) is 30.5 Å². The van der Waals surface area contributed by atoms with Crippen LogP contribution in [0.3, 0.4) is 0 Å². The van der Waals surface area contributed by atoms with Crippen molar-refractivity contribution in [1.29, 1.82) is 0 Å². The molecule has 2 aromatic rings. The van der Waals surface area contributed by atoms with Crippen LogP contribution in [0.25, 0.3) is 0 Å². The van der Waals surface area contributed by atoms with E-state index in [1.165, 1.54) is 18.3 Å². The molecule has 1 aromatic carbocycles. The standard InChI is InChI=1S/C14H11F3N2O2/c1-8-7-18-12(13(20)21)11(19-8)6-9-2-4-10(5-3-9)14(15,16)17/h2-5,7H,6H2,1H3,(H,20,21). The van der Waals surface area contributed by atoms with Gasteiger partial charge >= 0.3 is 12.1 Å². The van der Waals surface area contributed by atoms with Crippen molar-refractivity contribution in [3.05, 3.63) is 58.7 Å². The van der Waals surface area contributed by atoms with E-state index in [-0.39, 0.29) is 17.8 Å². The number of hydrogen-bond donors (Lipinski definition) is 1. The number of alkyl halides is 3. The van der Waals surface area contributed by atoms with Gasteiger partial charge < -0.3 is 5.11 Å². The normalized spacial score (nSPS) is 11.4. The summed E-state index contributed by atoms with van der Waals surface area (Å²) in [6, 6.07) is 4.52. The van der Waals surface area contributed by atoms with Crippen LogP contribution in [0.5, 0.6) is 0 Å². The summed E-state index contributed by atoms with van der Waals surface area (Å²) in [5.41, 5.74) is 0.357. The second-order valence-electron chi connectivity index (χ2n) is 4.48. The summed E-state index contributed by atoms with van der Waals surface area (Å²) in [4.78, 5) is 18.9. The zero-order valence-electron chi connectivity index (χ0n) is 11.0. The topological polar surface area (TPSA) is 63.1 Å². The third kappa shape index (κ3) is 3.56. The molecule has 0 unspecified atom stereocenters. The van der Waals surface area contributed by atoms with Crippen LogP contribution in [-0.4, -0.2) is 21.0 Å². The first-order chi connectivity index (χ1) is 9.77. The molecular weight excluding hydrogens is 285 g/mol. The lowest BCUT2D eigenvalue weighted by Crippen LogP contribution is -2.10. The van der Waals surface area contributed by atoms with E-state index in [0.29, 0.717) is 11.3 Å². The number of halogens is 3. The monoisotopic (exact) mass is 296 g/mol. The highest BCUT2D eigenvalue weighted by atomic mass is 19.4. The van der Waals surface area contributed by atoms with Crippen LogP contribution in [0.1, 0.15) is 33.0 Å². The van der Waals surface area contributed by atoms with Crippen molar-refractivity contribution in [1.82, 2.24) is 9.97 Å². The van der Waals surface area contributed by atoms with Crippen LogP contribution in [0.4, 0.5) is 13.2 Å². The molecule has 7 heteroatoms. The zero-order chi connectivity index (χ0) is 15.6. The van der Waals surface area contributed by atoms with E-state index in [0.717, 1.165) is 12.1 Å². The number of benzene rings is 1. The SMILES string of the molecule is Cc1cnc(C(=O)O)c(Cc2ccc(C(F)(F)F)cc2)n1. The highest BCUT2D eigenvalue weighted by molar-refractivity contribution is 5.86. The number of aromatic nitrogens is 2. The van der Waals surface area contributed by atoms with E-state index >= 15 is 0 Å². The molecule has 0 amide bonds. The maximum atomic E-state index is 12.5. The Kier molecular flexibility index (Phi) is 3.93. The van der Waals surface area contributed by atoms with Crippen LogP contribution in [-0.2, 0) is 12.6 Å². The van der Waals surface area contributed by atoms with Gasteiger partial charge in [0.15, 0.2) is 5.69 Å². The Bertz CT molecular complexity index is 667. The van der Waals surface area contributed by atoms with Crippen molar-refractivity contribution in [2.24, 2.45) is 0 Å². The predicted octanol–water partition coefficient (Wildman–Crippen LogP) is 3.09. The van der Waals surface area contributed by atoms with Crippen molar-refractivity contribution in [2.45, 2.75) is 19.5 Å². The summed E-state index contributed by atoms with van der Waals surface area (Å²) in [6.45, 7) is 1.66. The maximum Gasteiger partial charge on any atom is 0.416 e. The molecule has 0 aliphatic carbocycles. The summed E-state index contributed by atoms with van der Waals surface area (Å²) in [5, 5.41) is 9.03. The Morgan fingerprint density at radius 3 is 2.38 bits per heavy atom. The third-order valence-corrected chi connectivity index (χ3v) is 2.82. The number of aromatic carboxylic acids is 1. The van der Waals surface area contributed by atoms with E-state index < -0.39 is 17.7 Å². The van der Waals surface area contributed by atoms with Crippen LogP contribution >= 0.6 is 0 Å². The number of hydrogen-bond acceptors (Lipinski definition) is 3. The Hall–Kier alpha value is -2.44. The molecule has 4 nitrogen and oxygen atoms in total. The van der Waals surface area contributed by atoms with Gasteiger partial charge in [-0.1, -0.05) is 12.1 Å². The molecule has 0 radical (unpaired) electrons. The Morgan fingerprint density at radius 1 is 1.24 bits per heavy atom. The van der Waals surface area contributed by atoms with Gasteiger partial charge in [-0.2, -0.15) is 13.2 Å². The van der Waals surface area contributed by atoms with Crippen molar-refractivity contribution < 1.29 is 23.1 Å². The molecule has 0 saturated carbocycles. The molecule has 0 aliphatic heterocycles. The summed E-state index contributed by atoms with van der Waals surface area (Å²) in [6.07, 6.45) is -2.96. The summed E-state index contributed by atoms with van der Waals surface area (Å²) in [5.74, 6) is -1.22. The lowest BCUT2D eigenvalue weighted by molar-refractivity contribution is -0.137. The second-order valence-corrected chi connectivity index (χ2v) is 4.48. The maximum absolute atomic E-state index is 12.5. The molecular formula is C14H11F3N2O2. The fourth-order valence-corrected chi connectivity index (χ4v) is 1.83. The predicted molar refractivity (Wildman–Crippen MR) is 68.0 cm³/mol. The molecule has 0 fully saturated rings. The number of rotatable bonds is 3. The Balaban J connectivity index is 2.30. The minimum Gasteiger partial charge on any atom is -0.476 e. The quantitative estimate of drug-likeness (QED) is 0.945. The van der Waals surface area contributed by atoms with Crippen molar-refractivity contribution in [2.75, 3.05) is 0 Å². The number of carboxylic acids is 1. The first-order valence-electron chi connectivity index (χ1n) is 5.99. The molecule has 1 aromatic heterocycles. The minimum absolute atomic E-state index is 0.106. The van der Waals surface area contributed by atoms with Gasteiger partial charge in [0.1, 0.15) is 0 Å². The van der Waals surface area contributed by atoms with Crippen molar-refractivity contribution >= 4 is 5.97 Å². The highest BCUT2D eigenvalue weighted by Crippen LogP contribution is 2.29. The van der Waals surface area contributed by atoms with Crippen molar-refractivity contribution in [3.8, 4) is 0 Å². The molecule has 1 N–H and O–H groups in total. The van der Waals surface area contributed by atoms with Gasteiger partial charge in [-0.25, -0.2) is 9.78 Å². The summed E-state index contributed by atoms with van der Waals surface area (Å²) in [7, 11) is 0. The summed E-state index contributed by atoms with van der Waals surface area (Å²) < 4.78 is 37.4. The van der Waals surface area contributed by atoms with Crippen LogP contribution in [0.2, 0.25) is 0 Å². The van der Waals surface area contributed by atoms with E-state index in [2.05, 4.69) is 9.97 Å². The lowest BCUT2D eigenvalue weighted by atomic mass is 10.1. The van der Waals surface area contributed by atoms with Gasteiger partial charge in [-0.05, 0) is 24.6 Å². The summed E-state index contributed by atoms with van der Waals surface area (Å²) >= 11 is 0. The lowest BCUT2D eigenvalue weighted by Gasteiger charge is -2.08. The average molecular weight is 296 g/mol. The molecule has 21 heavy (non-hydrogen) atoms. The second kappa shape index (κ2) is 5.51. The molecule has 110 valence electrons. The van der Waals surface area contributed by atoms with E-state index in [9.17, 15) is 18.0 Å². The zero-order valence-corrected chi connectivity index (χ0v) is 11.0. The first kappa shape index (κ1) is 15.0. The first-order valence-corrected chi connectivity index (χ1v) is 5.99. The third-order valence-electron chi connectivity index (χ3n) is 2.82. The van der Waals surface area contributed by atoms with E-state index in [1.54, 1.807) is 6.92 Å². The van der Waals surface area contributed by atoms with Gasteiger partial charge in [-0.15, -0.1) is 0 Å². The number of aryl methyl sites for hydroxylation is 1. The van der Waals surface area contributed by atoms with Gasteiger partial charge in [0.2, 0.25) is 0 Å². The van der Waals surface area contributed by atoms with E-state index in [4.69, 9.17) is 5.11 Å². The molecule has 1 heterocycles. The molecule has 0 atom stereocenters. The van der Waals surface area contributed by atoms with Gasteiger partial charge in [0, 0.05) is 12.6 Å². The average Bonchev–Trinajstić information content (AvgIpc) is 2.38. The molecule has 0 saturated heterocycles. The fourth-order valence-electron chi connectivity index (χ4n) is 1.83. The number of nitrogens with zero attached hydrogens (tertiary/aromatic N) is 2. The van der Waals surface area contributed by atoms with Crippen LogP contribution in [0, 0.1) is 6.92 Å². The van der Waals surface area contributed by atoms with Gasteiger partial charge in [-0.3, -0.25) is 4.98 Å². The number of carboxylic acid groups (broad SMARTS) is 1. The van der Waals surface area contributed by atoms with Gasteiger partial charge in [0.25, 0.3) is 0 Å². The van der Waals surface area contributed by atoms with Crippen molar-refractivity contribution in [3.63, 3.8) is 0 Å². The highest BCUT2D eigenvalue weighted by Gasteiger charge is 2.30. The van der Waals surface area contributed by atoms with E-state index in [1.807, 2.05) is 0 Å². The molecule has 0 spiro atoms.